The van der Waals surface area contributed by atoms with Crippen molar-refractivity contribution in [2.24, 2.45) is 11.3 Å². The zero-order valence-corrected chi connectivity index (χ0v) is 16.8. The normalized spacial score (nSPS) is 33.0. The first-order valence-corrected chi connectivity index (χ1v) is 11.6. The first kappa shape index (κ1) is 16.9. The average molecular weight is 331 g/mol. The van der Waals surface area contributed by atoms with Crippen LogP contribution in [0.2, 0.25) is 18.1 Å². The van der Waals surface area contributed by atoms with Gasteiger partial charge in [0.15, 0.2) is 14.1 Å². The summed E-state index contributed by atoms with van der Waals surface area (Å²) in [6.45, 7) is 17.9. The zero-order valence-electron chi connectivity index (χ0n) is 15.8. The Hall–Kier alpha value is -0.933. The molecule has 0 aromatic rings. The van der Waals surface area contributed by atoms with Gasteiger partial charge in [0.25, 0.3) is 0 Å². The second-order valence-electron chi connectivity index (χ2n) is 9.21. The third kappa shape index (κ3) is 2.12. The fraction of sp³-hybridized carbons (Fsp3) is 0.650. The van der Waals surface area contributed by atoms with Gasteiger partial charge in [-0.2, -0.15) is 0 Å². The van der Waals surface area contributed by atoms with Crippen LogP contribution in [0.1, 0.15) is 48.0 Å². The molecule has 0 N–H and O–H groups in total. The number of hydrogen-bond donors (Lipinski definition) is 0. The van der Waals surface area contributed by atoms with E-state index in [1.807, 2.05) is 0 Å². The quantitative estimate of drug-likeness (QED) is 0.514. The van der Waals surface area contributed by atoms with Gasteiger partial charge in [-0.05, 0) is 62.5 Å². The van der Waals surface area contributed by atoms with E-state index in [2.05, 4.69) is 60.7 Å². The Bertz CT molecular complexity index is 668. The molecule has 1 fully saturated rings. The number of hydrogen-bond acceptors (Lipinski definition) is 2. The van der Waals surface area contributed by atoms with Crippen LogP contribution >= 0.6 is 0 Å². The summed E-state index contributed by atoms with van der Waals surface area (Å²) in [4.78, 5) is 12.7. The second kappa shape index (κ2) is 4.79. The Morgan fingerprint density at radius 3 is 2.39 bits per heavy atom. The molecule has 0 aromatic carbocycles. The van der Waals surface area contributed by atoms with Crippen LogP contribution in [0.3, 0.4) is 0 Å². The number of carbonyl (C=O) groups excluding carboxylic acids is 1. The molecule has 1 spiro atoms. The molecule has 2 nitrogen and oxygen atoms in total. The number of rotatable bonds is 2. The molecule has 0 radical (unpaired) electrons. The molecule has 0 aromatic heterocycles. The first-order chi connectivity index (χ1) is 10.4. The summed E-state index contributed by atoms with van der Waals surface area (Å²) in [5.41, 5.74) is 4.88. The highest BCUT2D eigenvalue weighted by atomic mass is 28.4. The fourth-order valence-electron chi connectivity index (χ4n) is 4.35. The van der Waals surface area contributed by atoms with Crippen LogP contribution in [0.15, 0.2) is 34.4 Å². The maximum absolute atomic E-state index is 12.7. The van der Waals surface area contributed by atoms with Gasteiger partial charge in [0, 0.05) is 5.92 Å². The lowest BCUT2D eigenvalue weighted by Crippen LogP contribution is -2.46. The Balaban J connectivity index is 2.03. The van der Waals surface area contributed by atoms with Crippen LogP contribution in [-0.2, 0) is 9.22 Å². The molecule has 0 aliphatic heterocycles. The van der Waals surface area contributed by atoms with Crippen molar-refractivity contribution in [3.8, 4) is 0 Å². The minimum Gasteiger partial charge on any atom is -0.413 e. The smallest absolute Gasteiger partial charge is 0.192 e. The molecular formula is C20H30O2Si. The van der Waals surface area contributed by atoms with Crippen LogP contribution in [0.4, 0.5) is 0 Å². The van der Waals surface area contributed by atoms with E-state index in [0.29, 0.717) is 0 Å². The third-order valence-electron chi connectivity index (χ3n) is 6.46. The van der Waals surface area contributed by atoms with Crippen molar-refractivity contribution < 1.29 is 9.22 Å². The van der Waals surface area contributed by atoms with E-state index in [-0.39, 0.29) is 28.3 Å². The van der Waals surface area contributed by atoms with Gasteiger partial charge in [0.1, 0.15) is 0 Å². The van der Waals surface area contributed by atoms with Crippen molar-refractivity contribution in [2.75, 3.05) is 0 Å². The standard InChI is InChI=1S/C20H30O2Si/c1-12(2)17-18-15(22-23(7,8)19(4,5)6)11-13(3)14-9-10-16(21)20(14,17)18/h9-10,15,18H,11H2,1-8H3/t15-,18+,20-/m0/s1. The molecule has 0 unspecified atom stereocenters. The molecule has 3 aliphatic carbocycles. The van der Waals surface area contributed by atoms with Crippen LogP contribution in [0, 0.1) is 11.3 Å². The van der Waals surface area contributed by atoms with Crippen LogP contribution < -0.4 is 0 Å². The SMILES string of the molecule is CC(C)=C1[C@H]2[C@@H](O[Si](C)(C)C(C)(C)C)CC(C)=C3C=CC(=O)[C@@]312. The summed E-state index contributed by atoms with van der Waals surface area (Å²) in [7, 11) is -1.85. The van der Waals surface area contributed by atoms with E-state index in [1.54, 1.807) is 6.08 Å². The van der Waals surface area contributed by atoms with Gasteiger partial charge in [0.2, 0.25) is 0 Å². The number of ketones is 1. The monoisotopic (exact) mass is 330 g/mol. The van der Waals surface area contributed by atoms with Crippen molar-refractivity contribution in [3.63, 3.8) is 0 Å². The largest absolute Gasteiger partial charge is 0.413 e. The summed E-state index contributed by atoms with van der Waals surface area (Å²) < 4.78 is 6.79. The van der Waals surface area contributed by atoms with E-state index in [9.17, 15) is 4.79 Å². The van der Waals surface area contributed by atoms with Gasteiger partial charge < -0.3 is 4.43 Å². The fourth-order valence-corrected chi connectivity index (χ4v) is 5.68. The van der Waals surface area contributed by atoms with Gasteiger partial charge in [-0.3, -0.25) is 4.79 Å². The van der Waals surface area contributed by atoms with Gasteiger partial charge in [-0.15, -0.1) is 0 Å². The topological polar surface area (TPSA) is 26.3 Å². The maximum atomic E-state index is 12.7. The lowest BCUT2D eigenvalue weighted by molar-refractivity contribution is -0.118. The van der Waals surface area contributed by atoms with Gasteiger partial charge >= 0.3 is 0 Å². The van der Waals surface area contributed by atoms with E-state index >= 15 is 0 Å². The van der Waals surface area contributed by atoms with Crippen molar-refractivity contribution in [3.05, 3.63) is 34.4 Å². The van der Waals surface area contributed by atoms with E-state index in [4.69, 9.17) is 4.43 Å². The summed E-state index contributed by atoms with van der Waals surface area (Å²) in [5.74, 6) is 0.541. The van der Waals surface area contributed by atoms with Gasteiger partial charge in [-0.1, -0.05) is 38.0 Å². The molecule has 3 heteroatoms. The summed E-state index contributed by atoms with van der Waals surface area (Å²) in [6.07, 6.45) is 4.97. The molecule has 0 amide bonds. The van der Waals surface area contributed by atoms with Crippen LogP contribution in [-0.4, -0.2) is 20.2 Å². The van der Waals surface area contributed by atoms with Gasteiger partial charge in [-0.25, -0.2) is 0 Å². The van der Waals surface area contributed by atoms with Crippen molar-refractivity contribution in [2.45, 2.75) is 72.2 Å². The minimum atomic E-state index is -1.85. The van der Waals surface area contributed by atoms with E-state index in [1.165, 1.54) is 22.3 Å². The zero-order chi connectivity index (χ0) is 17.4. The summed E-state index contributed by atoms with van der Waals surface area (Å²) in [6, 6.07) is 0. The van der Waals surface area contributed by atoms with E-state index in [0.717, 1.165) is 6.42 Å². The molecule has 0 heterocycles. The predicted octanol–water partition coefficient (Wildman–Crippen LogP) is 5.19. The molecule has 1 saturated carbocycles. The summed E-state index contributed by atoms with van der Waals surface area (Å²) >= 11 is 0. The Kier molecular flexibility index (Phi) is 3.52. The molecule has 0 saturated heterocycles. The lowest BCUT2D eigenvalue weighted by Gasteiger charge is -2.41. The van der Waals surface area contributed by atoms with Crippen molar-refractivity contribution >= 4 is 14.1 Å². The molecule has 0 bridgehead atoms. The number of carbonyl (C=O) groups is 1. The first-order valence-electron chi connectivity index (χ1n) is 8.73. The highest BCUT2D eigenvalue weighted by Gasteiger charge is 2.72. The van der Waals surface area contributed by atoms with Crippen molar-refractivity contribution in [1.29, 1.82) is 0 Å². The minimum absolute atomic E-state index is 0.161. The highest BCUT2D eigenvalue weighted by Crippen LogP contribution is 2.72. The second-order valence-corrected chi connectivity index (χ2v) is 14.0. The van der Waals surface area contributed by atoms with Crippen LogP contribution in [0.5, 0.6) is 0 Å². The Labute approximate surface area is 141 Å². The Morgan fingerprint density at radius 2 is 1.87 bits per heavy atom. The van der Waals surface area contributed by atoms with Crippen molar-refractivity contribution in [1.82, 2.24) is 0 Å². The number of allylic oxidation sites excluding steroid dienone is 4. The molecule has 3 atom stereocenters. The summed E-state index contributed by atoms with van der Waals surface area (Å²) in [5, 5.41) is 0.190. The molecule has 126 valence electrons. The van der Waals surface area contributed by atoms with Gasteiger partial charge in [0.05, 0.1) is 11.5 Å². The molecule has 23 heavy (non-hydrogen) atoms. The van der Waals surface area contributed by atoms with Crippen LogP contribution in [0.25, 0.3) is 0 Å². The average Bonchev–Trinajstić information content (AvgIpc) is 2.97. The lowest BCUT2D eigenvalue weighted by atomic mass is 9.82. The molecule has 3 aliphatic rings. The molecule has 3 rings (SSSR count). The van der Waals surface area contributed by atoms with E-state index < -0.39 is 8.32 Å². The maximum Gasteiger partial charge on any atom is 0.192 e. The predicted molar refractivity (Wildman–Crippen MR) is 97.8 cm³/mol. The Morgan fingerprint density at radius 1 is 1.26 bits per heavy atom. The highest BCUT2D eigenvalue weighted by molar-refractivity contribution is 6.74. The molecular weight excluding hydrogens is 300 g/mol. The third-order valence-corrected chi connectivity index (χ3v) is 11.0.